The van der Waals surface area contributed by atoms with Gasteiger partial charge in [0.1, 0.15) is 5.75 Å². The number of hydrogen-bond donors (Lipinski definition) is 1. The normalized spacial score (nSPS) is 11.9. The van der Waals surface area contributed by atoms with Crippen LogP contribution in [-0.4, -0.2) is 6.61 Å². The number of benzene rings is 2. The van der Waals surface area contributed by atoms with E-state index in [9.17, 15) is 0 Å². The third-order valence-corrected chi connectivity index (χ3v) is 3.37. The number of anilines is 1. The molecule has 1 atom stereocenters. The van der Waals surface area contributed by atoms with Crippen molar-refractivity contribution < 1.29 is 4.74 Å². The summed E-state index contributed by atoms with van der Waals surface area (Å²) in [5.41, 5.74) is 3.71. The molecular weight excluding hydrogens is 246 g/mol. The third kappa shape index (κ3) is 3.77. The lowest BCUT2D eigenvalue weighted by atomic mass is 10.0. The second-order valence-electron chi connectivity index (χ2n) is 4.98. The molecule has 0 aliphatic rings. The lowest BCUT2D eigenvalue weighted by Crippen LogP contribution is -2.09. The van der Waals surface area contributed by atoms with Crippen molar-refractivity contribution in [2.75, 3.05) is 11.9 Å². The summed E-state index contributed by atoms with van der Waals surface area (Å²) in [6.45, 7) is 7.01. The van der Waals surface area contributed by atoms with Crippen LogP contribution in [-0.2, 0) is 0 Å². The fourth-order valence-corrected chi connectivity index (χ4v) is 2.26. The fraction of sp³-hybridized carbons (Fsp3) is 0.333. The van der Waals surface area contributed by atoms with E-state index < -0.39 is 0 Å². The van der Waals surface area contributed by atoms with E-state index in [-0.39, 0.29) is 0 Å². The SMILES string of the molecule is CCOc1cccc(NC(CC)c2ccc(C)cc2)c1. The molecule has 2 rings (SSSR count). The van der Waals surface area contributed by atoms with Gasteiger partial charge in [0.2, 0.25) is 0 Å². The van der Waals surface area contributed by atoms with Crippen LogP contribution in [0, 0.1) is 6.92 Å². The zero-order valence-corrected chi connectivity index (χ0v) is 12.5. The second kappa shape index (κ2) is 6.99. The summed E-state index contributed by atoms with van der Waals surface area (Å²) < 4.78 is 5.54. The molecule has 0 bridgehead atoms. The monoisotopic (exact) mass is 269 g/mol. The molecule has 0 spiro atoms. The van der Waals surface area contributed by atoms with Crippen LogP contribution in [0.1, 0.15) is 37.4 Å². The highest BCUT2D eigenvalue weighted by molar-refractivity contribution is 5.50. The van der Waals surface area contributed by atoms with Gasteiger partial charge in [-0.2, -0.15) is 0 Å². The van der Waals surface area contributed by atoms with E-state index >= 15 is 0 Å². The predicted molar refractivity (Wildman–Crippen MR) is 85.4 cm³/mol. The van der Waals surface area contributed by atoms with Crippen molar-refractivity contribution in [3.05, 3.63) is 59.7 Å². The molecule has 2 nitrogen and oxygen atoms in total. The Hall–Kier alpha value is -1.96. The van der Waals surface area contributed by atoms with Crippen molar-refractivity contribution in [2.45, 2.75) is 33.2 Å². The van der Waals surface area contributed by atoms with Crippen LogP contribution in [0.4, 0.5) is 5.69 Å². The summed E-state index contributed by atoms with van der Waals surface area (Å²) in [6, 6.07) is 17.2. The molecule has 0 fully saturated rings. The number of aryl methyl sites for hydroxylation is 1. The first-order valence-corrected chi connectivity index (χ1v) is 7.29. The van der Waals surface area contributed by atoms with Crippen molar-refractivity contribution >= 4 is 5.69 Å². The van der Waals surface area contributed by atoms with Gasteiger partial charge >= 0.3 is 0 Å². The highest BCUT2D eigenvalue weighted by Crippen LogP contribution is 2.25. The average Bonchev–Trinajstić information content (AvgIpc) is 2.47. The summed E-state index contributed by atoms with van der Waals surface area (Å²) in [5.74, 6) is 0.913. The molecule has 0 saturated heterocycles. The quantitative estimate of drug-likeness (QED) is 0.800. The van der Waals surface area contributed by atoms with Gasteiger partial charge in [0, 0.05) is 11.8 Å². The highest BCUT2D eigenvalue weighted by atomic mass is 16.5. The van der Waals surface area contributed by atoms with Crippen LogP contribution < -0.4 is 10.1 Å². The Morgan fingerprint density at radius 2 is 1.80 bits per heavy atom. The molecule has 0 aliphatic carbocycles. The van der Waals surface area contributed by atoms with E-state index in [1.807, 2.05) is 19.1 Å². The third-order valence-electron chi connectivity index (χ3n) is 3.37. The molecule has 1 unspecified atom stereocenters. The molecule has 2 heteroatoms. The van der Waals surface area contributed by atoms with Gasteiger partial charge in [0.25, 0.3) is 0 Å². The van der Waals surface area contributed by atoms with Gasteiger partial charge in [-0.1, -0.05) is 42.8 Å². The molecule has 0 heterocycles. The van der Waals surface area contributed by atoms with E-state index in [4.69, 9.17) is 4.74 Å². The zero-order chi connectivity index (χ0) is 14.4. The van der Waals surface area contributed by atoms with Crippen molar-refractivity contribution in [3.8, 4) is 5.75 Å². The number of nitrogens with one attached hydrogen (secondary N) is 1. The van der Waals surface area contributed by atoms with Gasteiger partial charge in [-0.3, -0.25) is 0 Å². The standard InChI is InChI=1S/C18H23NO/c1-4-18(15-11-9-14(3)10-12-15)19-16-7-6-8-17(13-16)20-5-2/h6-13,18-19H,4-5H2,1-3H3. The fourth-order valence-electron chi connectivity index (χ4n) is 2.26. The lowest BCUT2D eigenvalue weighted by molar-refractivity contribution is 0.340. The Morgan fingerprint density at radius 1 is 1.05 bits per heavy atom. The lowest BCUT2D eigenvalue weighted by Gasteiger charge is -2.19. The number of ether oxygens (including phenoxy) is 1. The first-order valence-electron chi connectivity index (χ1n) is 7.29. The Bertz CT molecular complexity index is 533. The summed E-state index contributed by atoms with van der Waals surface area (Å²) in [5, 5.41) is 3.58. The van der Waals surface area contributed by atoms with Gasteiger partial charge in [-0.15, -0.1) is 0 Å². The predicted octanol–water partition coefficient (Wildman–Crippen LogP) is 4.96. The van der Waals surface area contributed by atoms with E-state index in [0.29, 0.717) is 12.6 Å². The summed E-state index contributed by atoms with van der Waals surface area (Å²) in [6.07, 6.45) is 1.04. The van der Waals surface area contributed by atoms with Crippen molar-refractivity contribution in [1.29, 1.82) is 0 Å². The summed E-state index contributed by atoms with van der Waals surface area (Å²) in [7, 11) is 0. The number of rotatable bonds is 6. The first kappa shape index (κ1) is 14.4. The van der Waals surface area contributed by atoms with E-state index in [0.717, 1.165) is 17.9 Å². The molecule has 106 valence electrons. The summed E-state index contributed by atoms with van der Waals surface area (Å²) in [4.78, 5) is 0. The summed E-state index contributed by atoms with van der Waals surface area (Å²) >= 11 is 0. The maximum atomic E-state index is 5.54. The first-order chi connectivity index (χ1) is 9.72. The van der Waals surface area contributed by atoms with Crippen LogP contribution >= 0.6 is 0 Å². The van der Waals surface area contributed by atoms with Crippen LogP contribution in [0.15, 0.2) is 48.5 Å². The minimum absolute atomic E-state index is 0.326. The average molecular weight is 269 g/mol. The van der Waals surface area contributed by atoms with Crippen LogP contribution in [0.5, 0.6) is 5.75 Å². The van der Waals surface area contributed by atoms with Gasteiger partial charge in [0.05, 0.1) is 12.6 Å². The van der Waals surface area contributed by atoms with Crippen molar-refractivity contribution in [1.82, 2.24) is 0 Å². The van der Waals surface area contributed by atoms with Gasteiger partial charge in [-0.05, 0) is 38.0 Å². The number of hydrogen-bond acceptors (Lipinski definition) is 2. The minimum Gasteiger partial charge on any atom is -0.494 e. The van der Waals surface area contributed by atoms with Crippen LogP contribution in [0.25, 0.3) is 0 Å². The topological polar surface area (TPSA) is 21.3 Å². The molecule has 2 aromatic carbocycles. The molecular formula is C18H23NO. The molecule has 20 heavy (non-hydrogen) atoms. The maximum Gasteiger partial charge on any atom is 0.121 e. The van der Waals surface area contributed by atoms with Gasteiger partial charge in [0.15, 0.2) is 0 Å². The molecule has 0 aliphatic heterocycles. The van der Waals surface area contributed by atoms with Gasteiger partial charge in [-0.25, -0.2) is 0 Å². The van der Waals surface area contributed by atoms with Crippen molar-refractivity contribution in [2.24, 2.45) is 0 Å². The Labute approximate surface area is 121 Å². The Morgan fingerprint density at radius 3 is 2.45 bits per heavy atom. The highest BCUT2D eigenvalue weighted by Gasteiger charge is 2.09. The smallest absolute Gasteiger partial charge is 0.121 e. The van der Waals surface area contributed by atoms with Crippen LogP contribution in [0.3, 0.4) is 0 Å². The van der Waals surface area contributed by atoms with Crippen LogP contribution in [0.2, 0.25) is 0 Å². The maximum absolute atomic E-state index is 5.54. The molecule has 0 amide bonds. The molecule has 2 aromatic rings. The zero-order valence-electron chi connectivity index (χ0n) is 12.5. The molecule has 0 aromatic heterocycles. The molecule has 0 saturated carbocycles. The molecule has 0 radical (unpaired) electrons. The van der Waals surface area contributed by atoms with E-state index in [2.05, 4.69) is 55.6 Å². The minimum atomic E-state index is 0.326. The second-order valence-corrected chi connectivity index (χ2v) is 4.98. The van der Waals surface area contributed by atoms with Gasteiger partial charge < -0.3 is 10.1 Å². The molecule has 1 N–H and O–H groups in total. The largest absolute Gasteiger partial charge is 0.494 e. The van der Waals surface area contributed by atoms with Crippen molar-refractivity contribution in [3.63, 3.8) is 0 Å². The van der Waals surface area contributed by atoms with E-state index in [1.165, 1.54) is 11.1 Å². The van der Waals surface area contributed by atoms with E-state index in [1.54, 1.807) is 0 Å². The Kier molecular flexibility index (Phi) is 5.05. The Balaban J connectivity index is 2.13.